The summed E-state index contributed by atoms with van der Waals surface area (Å²) in [6.07, 6.45) is 2.52. The molecule has 20 heavy (non-hydrogen) atoms. The van der Waals surface area contributed by atoms with Crippen molar-refractivity contribution in [1.82, 2.24) is 15.1 Å². The molecule has 0 radical (unpaired) electrons. The van der Waals surface area contributed by atoms with Crippen LogP contribution in [0.15, 0.2) is 34.2 Å². The number of hydrogen-bond acceptors (Lipinski definition) is 3. The van der Waals surface area contributed by atoms with Crippen molar-refractivity contribution in [3.8, 4) is 0 Å². The summed E-state index contributed by atoms with van der Waals surface area (Å²) in [6, 6.07) is 7.52. The van der Waals surface area contributed by atoms with Crippen molar-refractivity contribution in [3.63, 3.8) is 0 Å². The summed E-state index contributed by atoms with van der Waals surface area (Å²) < 4.78 is 15.6. The highest BCUT2D eigenvalue weighted by Crippen LogP contribution is 2.33. The van der Waals surface area contributed by atoms with Gasteiger partial charge in [-0.25, -0.2) is 4.39 Å². The molecule has 5 heteroatoms. The number of hydrogen-bond donors (Lipinski definition) is 1. The Balaban J connectivity index is 1.85. The normalized spacial score (nSPS) is 14.8. The second-order valence-electron chi connectivity index (χ2n) is 5.18. The molecule has 1 N–H and O–H groups in total. The summed E-state index contributed by atoms with van der Waals surface area (Å²) in [4.78, 5) is 0.642. The second-order valence-corrected chi connectivity index (χ2v) is 6.21. The van der Waals surface area contributed by atoms with Crippen LogP contribution in [0.1, 0.15) is 24.1 Å². The summed E-state index contributed by atoms with van der Waals surface area (Å²) in [7, 11) is 1.91. The first-order valence-electron chi connectivity index (χ1n) is 6.83. The lowest BCUT2D eigenvalue weighted by atomic mass is 10.2. The van der Waals surface area contributed by atoms with E-state index < -0.39 is 0 Å². The van der Waals surface area contributed by atoms with Gasteiger partial charge in [0.25, 0.3) is 0 Å². The molecule has 0 atom stereocenters. The van der Waals surface area contributed by atoms with Crippen molar-refractivity contribution in [2.75, 3.05) is 0 Å². The Morgan fingerprint density at radius 3 is 2.85 bits per heavy atom. The number of rotatable bonds is 5. The summed E-state index contributed by atoms with van der Waals surface area (Å²) in [5, 5.41) is 8.99. The smallest absolute Gasteiger partial charge is 0.137 e. The highest BCUT2D eigenvalue weighted by molar-refractivity contribution is 7.99. The van der Waals surface area contributed by atoms with Crippen LogP contribution in [0.5, 0.6) is 0 Å². The molecule has 1 aromatic carbocycles. The van der Waals surface area contributed by atoms with Crippen LogP contribution in [0.4, 0.5) is 4.39 Å². The average molecular weight is 291 g/mol. The predicted octanol–water partition coefficient (Wildman–Crippen LogP) is 3.27. The minimum atomic E-state index is -0.183. The van der Waals surface area contributed by atoms with E-state index in [1.807, 2.05) is 24.7 Å². The molecule has 1 aliphatic rings. The van der Waals surface area contributed by atoms with Crippen molar-refractivity contribution in [2.24, 2.45) is 7.05 Å². The molecule has 0 saturated heterocycles. The van der Waals surface area contributed by atoms with Crippen molar-refractivity contribution in [3.05, 3.63) is 41.3 Å². The lowest BCUT2D eigenvalue weighted by Crippen LogP contribution is -2.16. The molecular formula is C15H18FN3S. The van der Waals surface area contributed by atoms with Gasteiger partial charge in [-0.1, -0.05) is 23.9 Å². The minimum absolute atomic E-state index is 0.183. The van der Waals surface area contributed by atoms with Gasteiger partial charge in [-0.2, -0.15) is 5.10 Å². The Morgan fingerprint density at radius 2 is 2.15 bits per heavy atom. The number of halogens is 1. The molecule has 2 aromatic rings. The van der Waals surface area contributed by atoms with Crippen LogP contribution in [0.25, 0.3) is 0 Å². The standard InChI is InChI=1S/C15H18FN3S/c1-10-12(9-17-11-7-8-11)15(19(2)18-10)20-14-6-4-3-5-13(14)16/h3-6,11,17H,7-9H2,1-2H3. The zero-order valence-electron chi connectivity index (χ0n) is 11.7. The van der Waals surface area contributed by atoms with Crippen molar-refractivity contribution in [2.45, 2.75) is 42.3 Å². The first-order valence-corrected chi connectivity index (χ1v) is 7.65. The van der Waals surface area contributed by atoms with Gasteiger partial charge in [0.2, 0.25) is 0 Å². The lowest BCUT2D eigenvalue weighted by Gasteiger charge is -2.08. The third kappa shape index (κ3) is 2.88. The molecule has 0 bridgehead atoms. The van der Waals surface area contributed by atoms with Gasteiger partial charge in [0.1, 0.15) is 10.8 Å². The second kappa shape index (κ2) is 5.58. The Labute approximate surface area is 122 Å². The van der Waals surface area contributed by atoms with Crippen LogP contribution >= 0.6 is 11.8 Å². The summed E-state index contributed by atoms with van der Waals surface area (Å²) >= 11 is 1.45. The fourth-order valence-corrected chi connectivity index (χ4v) is 3.21. The van der Waals surface area contributed by atoms with E-state index in [0.717, 1.165) is 17.3 Å². The van der Waals surface area contributed by atoms with E-state index in [-0.39, 0.29) is 5.82 Å². The highest BCUT2D eigenvalue weighted by atomic mass is 32.2. The van der Waals surface area contributed by atoms with E-state index in [4.69, 9.17) is 0 Å². The minimum Gasteiger partial charge on any atom is -0.310 e. The molecule has 1 saturated carbocycles. The van der Waals surface area contributed by atoms with E-state index >= 15 is 0 Å². The Kier molecular flexibility index (Phi) is 3.81. The number of nitrogens with zero attached hydrogens (tertiary/aromatic N) is 2. The quantitative estimate of drug-likeness (QED) is 0.917. The molecule has 0 aliphatic heterocycles. The van der Waals surface area contributed by atoms with Gasteiger partial charge in [-0.05, 0) is 31.9 Å². The molecule has 1 aliphatic carbocycles. The van der Waals surface area contributed by atoms with Gasteiger partial charge >= 0.3 is 0 Å². The monoisotopic (exact) mass is 291 g/mol. The van der Waals surface area contributed by atoms with E-state index in [0.29, 0.717) is 10.9 Å². The van der Waals surface area contributed by atoms with Crippen LogP contribution in [0, 0.1) is 12.7 Å². The fourth-order valence-electron chi connectivity index (χ4n) is 2.18. The van der Waals surface area contributed by atoms with Gasteiger partial charge in [-0.15, -0.1) is 0 Å². The molecule has 106 valence electrons. The number of aryl methyl sites for hydroxylation is 2. The van der Waals surface area contributed by atoms with E-state index in [2.05, 4.69) is 10.4 Å². The Morgan fingerprint density at radius 1 is 1.40 bits per heavy atom. The highest BCUT2D eigenvalue weighted by Gasteiger charge is 2.22. The van der Waals surface area contributed by atoms with Crippen molar-refractivity contribution in [1.29, 1.82) is 0 Å². The zero-order valence-corrected chi connectivity index (χ0v) is 12.5. The van der Waals surface area contributed by atoms with E-state index in [1.54, 1.807) is 12.1 Å². The van der Waals surface area contributed by atoms with Gasteiger partial charge in [0.05, 0.1) is 5.69 Å². The molecule has 0 spiro atoms. The molecule has 1 aromatic heterocycles. The molecule has 1 fully saturated rings. The van der Waals surface area contributed by atoms with Gasteiger partial charge < -0.3 is 5.32 Å². The Hall–Kier alpha value is -1.33. The molecule has 0 amide bonds. The maximum absolute atomic E-state index is 13.8. The van der Waals surface area contributed by atoms with Crippen molar-refractivity contribution >= 4 is 11.8 Å². The third-order valence-corrected chi connectivity index (χ3v) is 4.73. The molecule has 3 nitrogen and oxygen atoms in total. The summed E-state index contributed by atoms with van der Waals surface area (Å²) in [5.74, 6) is -0.183. The largest absolute Gasteiger partial charge is 0.310 e. The fraction of sp³-hybridized carbons (Fsp3) is 0.400. The maximum atomic E-state index is 13.8. The number of aromatic nitrogens is 2. The Bertz CT molecular complexity index is 620. The van der Waals surface area contributed by atoms with Crippen LogP contribution in [0.2, 0.25) is 0 Å². The first kappa shape index (κ1) is 13.6. The van der Waals surface area contributed by atoms with Crippen LogP contribution in [-0.4, -0.2) is 15.8 Å². The summed E-state index contributed by atoms with van der Waals surface area (Å²) in [6.45, 7) is 2.82. The van der Waals surface area contributed by atoms with Gasteiger partial charge in [-0.3, -0.25) is 4.68 Å². The molecule has 0 unspecified atom stereocenters. The van der Waals surface area contributed by atoms with Gasteiger partial charge in [0.15, 0.2) is 0 Å². The maximum Gasteiger partial charge on any atom is 0.137 e. The topological polar surface area (TPSA) is 29.9 Å². The third-order valence-electron chi connectivity index (χ3n) is 3.48. The first-order chi connectivity index (χ1) is 9.65. The van der Waals surface area contributed by atoms with E-state index in [9.17, 15) is 4.39 Å². The van der Waals surface area contributed by atoms with Crippen LogP contribution in [0.3, 0.4) is 0 Å². The predicted molar refractivity (Wildman–Crippen MR) is 78.3 cm³/mol. The van der Waals surface area contributed by atoms with Gasteiger partial charge in [0, 0.05) is 30.1 Å². The van der Waals surface area contributed by atoms with Crippen molar-refractivity contribution < 1.29 is 4.39 Å². The van der Waals surface area contributed by atoms with E-state index in [1.165, 1.54) is 36.2 Å². The van der Waals surface area contributed by atoms with Crippen LogP contribution < -0.4 is 5.32 Å². The number of nitrogens with one attached hydrogen (secondary N) is 1. The average Bonchev–Trinajstić information content (AvgIpc) is 3.19. The molecule has 1 heterocycles. The molecular weight excluding hydrogens is 273 g/mol. The SMILES string of the molecule is Cc1nn(C)c(Sc2ccccc2F)c1CNC1CC1. The summed E-state index contributed by atoms with van der Waals surface area (Å²) in [5.41, 5.74) is 2.19. The molecule has 3 rings (SSSR count). The zero-order chi connectivity index (χ0) is 14.1. The van der Waals surface area contributed by atoms with Crippen LogP contribution in [-0.2, 0) is 13.6 Å². The number of benzene rings is 1. The lowest BCUT2D eigenvalue weighted by molar-refractivity contribution is 0.600.